The number of rotatable bonds is 6. The maximum absolute atomic E-state index is 13.3. The minimum Gasteiger partial charge on any atom is -0.340 e. The molecule has 2 aromatic carbocycles. The monoisotopic (exact) mass is 549 g/mol. The van der Waals surface area contributed by atoms with Crippen molar-refractivity contribution < 1.29 is 9.59 Å². The van der Waals surface area contributed by atoms with Gasteiger partial charge in [0, 0.05) is 59.1 Å². The molecule has 38 heavy (non-hydrogen) atoms. The summed E-state index contributed by atoms with van der Waals surface area (Å²) in [4.78, 5) is 45.4. The van der Waals surface area contributed by atoms with Gasteiger partial charge in [-0.2, -0.15) is 0 Å². The van der Waals surface area contributed by atoms with Crippen molar-refractivity contribution in [3.63, 3.8) is 0 Å². The van der Waals surface area contributed by atoms with Gasteiger partial charge in [0.25, 0.3) is 5.91 Å². The first kappa shape index (κ1) is 25.1. The number of likely N-dealkylation sites (N-methyl/N-ethyl adjacent to an activating group) is 2. The number of thiazole rings is 1. The van der Waals surface area contributed by atoms with Crippen molar-refractivity contribution in [3.05, 3.63) is 60.2 Å². The number of thioether (sulfide) groups is 1. The number of carbonyl (C=O) groups excluding carboxylic acids is 2. The van der Waals surface area contributed by atoms with E-state index in [2.05, 4.69) is 45.0 Å². The number of benzene rings is 2. The minimum absolute atomic E-state index is 0.190. The molecule has 0 N–H and O–H groups in total. The van der Waals surface area contributed by atoms with Crippen LogP contribution in [0, 0.1) is 0 Å². The Morgan fingerprint density at radius 3 is 2.47 bits per heavy atom. The number of urea groups is 1. The summed E-state index contributed by atoms with van der Waals surface area (Å²) in [6.45, 7) is 5.06. The summed E-state index contributed by atoms with van der Waals surface area (Å²) >= 11 is 3.40. The van der Waals surface area contributed by atoms with E-state index in [1.165, 1.54) is 15.2 Å². The third-order valence-electron chi connectivity index (χ3n) is 7.43. The number of guanidine groups is 1. The van der Waals surface area contributed by atoms with Crippen molar-refractivity contribution in [2.24, 2.45) is 4.99 Å². The van der Waals surface area contributed by atoms with Gasteiger partial charge in [-0.25, -0.2) is 14.8 Å². The third-order valence-corrected chi connectivity index (χ3v) is 9.59. The Morgan fingerprint density at radius 1 is 0.974 bits per heavy atom. The first-order chi connectivity index (χ1) is 18.5. The summed E-state index contributed by atoms with van der Waals surface area (Å²) in [5.41, 5.74) is 2.33. The fourth-order valence-corrected chi connectivity index (χ4v) is 7.42. The quantitative estimate of drug-likeness (QED) is 0.438. The fraction of sp³-hybridized carbons (Fsp3) is 0.407. The van der Waals surface area contributed by atoms with E-state index < -0.39 is 12.2 Å². The van der Waals surface area contributed by atoms with Crippen molar-refractivity contribution in [2.75, 3.05) is 52.6 Å². The average molecular weight is 550 g/mol. The first-order valence-electron chi connectivity index (χ1n) is 12.9. The van der Waals surface area contributed by atoms with Gasteiger partial charge in [0.05, 0.1) is 10.2 Å². The van der Waals surface area contributed by atoms with Gasteiger partial charge in [-0.1, -0.05) is 54.2 Å². The zero-order valence-corrected chi connectivity index (χ0v) is 23.2. The van der Waals surface area contributed by atoms with Crippen LogP contribution in [0.5, 0.6) is 0 Å². The molecule has 6 rings (SSSR count). The van der Waals surface area contributed by atoms with Crippen molar-refractivity contribution in [2.45, 2.75) is 23.1 Å². The highest BCUT2D eigenvalue weighted by atomic mass is 32.2. The molecular formula is C27H31N7O2S2. The summed E-state index contributed by atoms with van der Waals surface area (Å²) in [5.74, 6) is 1.40. The van der Waals surface area contributed by atoms with Crippen molar-refractivity contribution in [1.82, 2.24) is 29.5 Å². The molecular weight excluding hydrogens is 518 g/mol. The van der Waals surface area contributed by atoms with Crippen molar-refractivity contribution in [3.8, 4) is 0 Å². The Kier molecular flexibility index (Phi) is 6.98. The van der Waals surface area contributed by atoms with Crippen LogP contribution in [0.15, 0.2) is 63.9 Å². The number of aliphatic imine (C=N–C) groups is 1. The van der Waals surface area contributed by atoms with Crippen LogP contribution in [0.1, 0.15) is 5.56 Å². The second-order valence-electron chi connectivity index (χ2n) is 9.82. The molecule has 3 aromatic rings. The molecule has 0 bridgehead atoms. The second kappa shape index (κ2) is 10.5. The summed E-state index contributed by atoms with van der Waals surface area (Å²) in [5, 5.41) is 0. The zero-order chi connectivity index (χ0) is 26.2. The molecule has 0 saturated carbocycles. The van der Waals surface area contributed by atoms with Gasteiger partial charge in [-0.3, -0.25) is 14.6 Å². The summed E-state index contributed by atoms with van der Waals surface area (Å²) in [7, 11) is 3.30. The molecule has 11 heteroatoms. The average Bonchev–Trinajstić information content (AvgIpc) is 3.53. The number of hydrogen-bond acceptors (Lipinski definition) is 9. The second-order valence-corrected chi connectivity index (χ2v) is 12.2. The Hall–Kier alpha value is -3.15. The number of carbonyl (C=O) groups is 2. The van der Waals surface area contributed by atoms with Crippen LogP contribution < -0.4 is 0 Å². The molecule has 0 aliphatic carbocycles. The SMILES string of the molecule is CN1C(=O)C2C(N=C(N3CCN(Cc4ccccc4)CC3)N2CCSc2nc3ccccc3s2)N(C)C1=O. The lowest BCUT2D eigenvalue weighted by Gasteiger charge is -2.42. The van der Waals surface area contributed by atoms with Crippen molar-refractivity contribution in [1.29, 1.82) is 0 Å². The van der Waals surface area contributed by atoms with Gasteiger partial charge in [0.15, 0.2) is 22.5 Å². The fourth-order valence-electron chi connectivity index (χ4n) is 5.34. The number of aromatic nitrogens is 1. The van der Waals surface area contributed by atoms with E-state index in [9.17, 15) is 9.59 Å². The Balaban J connectivity index is 1.17. The van der Waals surface area contributed by atoms with Crippen LogP contribution in [-0.2, 0) is 11.3 Å². The largest absolute Gasteiger partial charge is 0.340 e. The molecule has 4 heterocycles. The highest BCUT2D eigenvalue weighted by Crippen LogP contribution is 2.32. The molecule has 9 nitrogen and oxygen atoms in total. The molecule has 1 aromatic heterocycles. The summed E-state index contributed by atoms with van der Waals surface area (Å²) in [6, 6.07) is 17.9. The van der Waals surface area contributed by atoms with Crippen LogP contribution in [0.25, 0.3) is 10.2 Å². The normalized spacial score (nSPS) is 22.4. The molecule has 3 aliphatic heterocycles. The number of para-hydroxylation sites is 1. The Morgan fingerprint density at radius 2 is 1.71 bits per heavy atom. The van der Waals surface area contributed by atoms with E-state index in [0.29, 0.717) is 6.54 Å². The predicted molar refractivity (Wildman–Crippen MR) is 151 cm³/mol. The third kappa shape index (κ3) is 4.74. The van der Waals surface area contributed by atoms with E-state index in [0.717, 1.165) is 54.3 Å². The smallest absolute Gasteiger partial charge is 0.328 e. The van der Waals surface area contributed by atoms with Crippen molar-refractivity contribution >= 4 is 51.2 Å². The molecule has 0 radical (unpaired) electrons. The van der Waals surface area contributed by atoms with Crippen LogP contribution in [0.2, 0.25) is 0 Å². The van der Waals surface area contributed by atoms with Crippen LogP contribution in [-0.4, -0.2) is 112 Å². The van der Waals surface area contributed by atoms with Gasteiger partial charge >= 0.3 is 6.03 Å². The van der Waals surface area contributed by atoms with E-state index in [4.69, 9.17) is 9.98 Å². The molecule has 3 amide bonds. The van der Waals surface area contributed by atoms with E-state index in [-0.39, 0.29) is 11.9 Å². The number of nitrogens with zero attached hydrogens (tertiary/aromatic N) is 7. The van der Waals surface area contributed by atoms with Gasteiger partial charge in [0.2, 0.25) is 0 Å². The molecule has 2 atom stereocenters. The van der Waals surface area contributed by atoms with Crippen LogP contribution >= 0.6 is 23.1 Å². The molecule has 2 unspecified atom stereocenters. The number of hydrogen-bond donors (Lipinski definition) is 0. The summed E-state index contributed by atoms with van der Waals surface area (Å²) in [6.07, 6.45) is -0.504. The zero-order valence-electron chi connectivity index (χ0n) is 21.6. The maximum atomic E-state index is 13.3. The molecule has 3 aliphatic rings. The lowest BCUT2D eigenvalue weighted by Crippen LogP contribution is -2.65. The first-order valence-corrected chi connectivity index (χ1v) is 14.7. The lowest BCUT2D eigenvalue weighted by atomic mass is 10.1. The topological polar surface area (TPSA) is 75.6 Å². The highest BCUT2D eigenvalue weighted by molar-refractivity contribution is 8.01. The summed E-state index contributed by atoms with van der Waals surface area (Å²) < 4.78 is 2.20. The van der Waals surface area contributed by atoms with Crippen LogP contribution in [0.3, 0.4) is 0 Å². The maximum Gasteiger partial charge on any atom is 0.328 e. The highest BCUT2D eigenvalue weighted by Gasteiger charge is 2.52. The lowest BCUT2D eigenvalue weighted by molar-refractivity contribution is -0.136. The van der Waals surface area contributed by atoms with Gasteiger partial charge in [0.1, 0.15) is 0 Å². The molecule has 2 saturated heterocycles. The Bertz CT molecular complexity index is 1320. The standard InChI is InChI=1S/C27H31N7O2S2/c1-30-23-22(24(35)31(2)27(30)36)34(16-17-37-26-28-20-10-6-7-11-21(20)38-26)25(29-23)33-14-12-32(13-15-33)18-19-8-4-3-5-9-19/h3-11,22-23H,12-18H2,1-2H3. The molecule has 0 spiro atoms. The Labute approximate surface area is 230 Å². The van der Waals surface area contributed by atoms with E-state index >= 15 is 0 Å². The predicted octanol–water partition coefficient (Wildman–Crippen LogP) is 3.10. The number of amides is 3. The minimum atomic E-state index is -0.504. The number of piperazine rings is 1. The van der Waals surface area contributed by atoms with E-state index in [1.807, 2.05) is 24.3 Å². The van der Waals surface area contributed by atoms with Gasteiger partial charge < -0.3 is 14.7 Å². The number of fused-ring (bicyclic) bond motifs is 2. The van der Waals surface area contributed by atoms with Gasteiger partial charge in [-0.05, 0) is 17.7 Å². The van der Waals surface area contributed by atoms with E-state index in [1.54, 1.807) is 42.1 Å². The molecule has 2 fully saturated rings. The van der Waals surface area contributed by atoms with Crippen LogP contribution in [0.4, 0.5) is 4.79 Å². The van der Waals surface area contributed by atoms with Gasteiger partial charge in [-0.15, -0.1) is 11.3 Å². The molecule has 198 valence electrons. The number of imide groups is 1.